The van der Waals surface area contributed by atoms with Crippen molar-refractivity contribution in [1.29, 1.82) is 0 Å². The van der Waals surface area contributed by atoms with E-state index in [0.29, 0.717) is 24.6 Å². The second-order valence-corrected chi connectivity index (χ2v) is 12.4. The molecule has 1 aromatic heterocycles. The number of carbonyl (C=O) groups is 3. The summed E-state index contributed by atoms with van der Waals surface area (Å²) in [4.78, 5) is 53.1. The van der Waals surface area contributed by atoms with Gasteiger partial charge in [-0.1, -0.05) is 32.0 Å². The second-order valence-electron chi connectivity index (χ2n) is 12.4. The van der Waals surface area contributed by atoms with Crippen LogP contribution in [0.3, 0.4) is 0 Å². The molecule has 1 unspecified atom stereocenters. The third kappa shape index (κ3) is 9.16. The lowest BCUT2D eigenvalue weighted by Crippen LogP contribution is -2.49. The Labute approximate surface area is 262 Å². The molecule has 3 N–H and O–H groups in total. The summed E-state index contributed by atoms with van der Waals surface area (Å²) in [6.45, 7) is 5.32. The number of hydrogen-bond donors (Lipinski definition) is 3. The largest absolute Gasteiger partial charge is 0.362 e. The lowest BCUT2D eigenvalue weighted by molar-refractivity contribution is -0.133. The van der Waals surface area contributed by atoms with E-state index in [1.807, 2.05) is 34.0 Å². The van der Waals surface area contributed by atoms with Crippen LogP contribution >= 0.6 is 0 Å². The first-order valence-electron chi connectivity index (χ1n) is 16.6. The summed E-state index contributed by atoms with van der Waals surface area (Å²) in [7, 11) is 4.08. The molecule has 0 radical (unpaired) electrons. The quantitative estimate of drug-likeness (QED) is 0.290. The average molecular weight is 606 g/mol. The summed E-state index contributed by atoms with van der Waals surface area (Å²) < 4.78 is 0. The Morgan fingerprint density at radius 3 is 2.23 bits per heavy atom. The molecule has 2 aliphatic carbocycles. The standard InChI is InChI=1S/C34H51N7O3/c1-5-22-41(23-6-2)33(44)29(37-32(43)24-12-8-7-9-13-24)20-21-30(42)35-25-16-18-26(19-17-25)36-34-38-28-15-11-10-14-27(28)31(39-34)40(3)4/h7-9,12-13,25-26,29H,5-6,10-11,14-23H2,1-4H3,(H,35,42)(H,37,43)(H,36,38,39)/t25-,26+,29?. The molecule has 1 fully saturated rings. The molecule has 0 aliphatic heterocycles. The number of benzene rings is 1. The summed E-state index contributed by atoms with van der Waals surface area (Å²) in [6, 6.07) is 8.49. The topological polar surface area (TPSA) is 120 Å². The van der Waals surface area contributed by atoms with Crippen LogP contribution in [0.2, 0.25) is 0 Å². The van der Waals surface area contributed by atoms with Crippen molar-refractivity contribution >= 4 is 29.5 Å². The maximum atomic E-state index is 13.5. The second kappa shape index (κ2) is 16.4. The molecule has 0 spiro atoms. The van der Waals surface area contributed by atoms with E-state index >= 15 is 0 Å². The number of rotatable bonds is 14. The Morgan fingerprint density at radius 1 is 0.909 bits per heavy atom. The van der Waals surface area contributed by atoms with E-state index < -0.39 is 6.04 Å². The molecule has 4 rings (SSSR count). The van der Waals surface area contributed by atoms with E-state index in [1.165, 1.54) is 24.1 Å². The smallest absolute Gasteiger partial charge is 0.251 e. The monoisotopic (exact) mass is 605 g/mol. The van der Waals surface area contributed by atoms with Crippen molar-refractivity contribution in [2.45, 2.75) is 109 Å². The molecule has 3 amide bonds. The molecule has 2 aromatic rings. The highest BCUT2D eigenvalue weighted by Gasteiger charge is 2.28. The predicted octanol–water partition coefficient (Wildman–Crippen LogP) is 4.49. The van der Waals surface area contributed by atoms with E-state index in [1.54, 1.807) is 29.2 Å². The minimum Gasteiger partial charge on any atom is -0.362 e. The summed E-state index contributed by atoms with van der Waals surface area (Å²) in [5.41, 5.74) is 2.95. The van der Waals surface area contributed by atoms with Crippen LogP contribution in [-0.2, 0) is 22.4 Å². The molecule has 2 aliphatic rings. The van der Waals surface area contributed by atoms with Crippen LogP contribution in [0, 0.1) is 0 Å². The van der Waals surface area contributed by atoms with Gasteiger partial charge in [0.05, 0.1) is 5.69 Å². The van der Waals surface area contributed by atoms with Crippen molar-refractivity contribution in [3.63, 3.8) is 0 Å². The van der Waals surface area contributed by atoms with E-state index in [-0.39, 0.29) is 42.6 Å². The molecule has 1 aromatic carbocycles. The van der Waals surface area contributed by atoms with Crippen LogP contribution in [0.5, 0.6) is 0 Å². The number of fused-ring (bicyclic) bond motifs is 1. The minimum atomic E-state index is -0.754. The highest BCUT2D eigenvalue weighted by Crippen LogP contribution is 2.29. The molecule has 1 heterocycles. The van der Waals surface area contributed by atoms with Crippen molar-refractivity contribution < 1.29 is 14.4 Å². The van der Waals surface area contributed by atoms with Gasteiger partial charge in [-0.25, -0.2) is 4.98 Å². The van der Waals surface area contributed by atoms with Crippen molar-refractivity contribution in [2.75, 3.05) is 37.4 Å². The average Bonchev–Trinajstić information content (AvgIpc) is 3.03. The number of amides is 3. The van der Waals surface area contributed by atoms with Gasteiger partial charge < -0.3 is 25.8 Å². The SMILES string of the molecule is CCCN(CCC)C(=O)C(CCC(=O)N[C@H]1CC[C@@H](Nc2nc3c(c(N(C)C)n2)CCCC3)CC1)NC(=O)c1ccccc1. The van der Waals surface area contributed by atoms with Gasteiger partial charge >= 0.3 is 0 Å². The molecule has 1 saturated carbocycles. The van der Waals surface area contributed by atoms with Gasteiger partial charge in [0.15, 0.2) is 0 Å². The fourth-order valence-corrected chi connectivity index (χ4v) is 6.33. The number of anilines is 2. The fourth-order valence-electron chi connectivity index (χ4n) is 6.33. The van der Waals surface area contributed by atoms with Crippen LogP contribution in [-0.4, -0.2) is 77.9 Å². The van der Waals surface area contributed by atoms with Crippen LogP contribution in [0.15, 0.2) is 30.3 Å². The fraction of sp³-hybridized carbons (Fsp3) is 0.618. The first-order valence-corrected chi connectivity index (χ1v) is 16.6. The summed E-state index contributed by atoms with van der Waals surface area (Å²) >= 11 is 0. The first kappa shape index (κ1) is 33.2. The van der Waals surface area contributed by atoms with Gasteiger partial charge in [0.2, 0.25) is 17.8 Å². The highest BCUT2D eigenvalue weighted by molar-refractivity contribution is 5.97. The van der Waals surface area contributed by atoms with Gasteiger partial charge in [-0.2, -0.15) is 4.98 Å². The van der Waals surface area contributed by atoms with Gasteiger partial charge in [0.1, 0.15) is 11.9 Å². The van der Waals surface area contributed by atoms with Gasteiger partial charge in [0, 0.05) is 56.8 Å². The minimum absolute atomic E-state index is 0.0839. The van der Waals surface area contributed by atoms with Crippen molar-refractivity contribution in [3.8, 4) is 0 Å². The third-order valence-electron chi connectivity index (χ3n) is 8.61. The molecular formula is C34H51N7O3. The van der Waals surface area contributed by atoms with E-state index in [0.717, 1.165) is 57.2 Å². The van der Waals surface area contributed by atoms with E-state index in [2.05, 4.69) is 20.9 Å². The summed E-state index contributed by atoms with van der Waals surface area (Å²) in [6.07, 6.45) is 10.1. The van der Waals surface area contributed by atoms with E-state index in [4.69, 9.17) is 9.97 Å². The number of carbonyl (C=O) groups excluding carboxylic acids is 3. The number of nitrogens with one attached hydrogen (secondary N) is 3. The zero-order valence-electron chi connectivity index (χ0n) is 27.0. The first-order chi connectivity index (χ1) is 21.3. The number of hydrogen-bond acceptors (Lipinski definition) is 7. The van der Waals surface area contributed by atoms with Crippen LogP contribution in [0.4, 0.5) is 11.8 Å². The number of aromatic nitrogens is 2. The van der Waals surface area contributed by atoms with Gasteiger partial charge in [0.25, 0.3) is 5.91 Å². The van der Waals surface area contributed by atoms with Crippen molar-refractivity contribution in [1.82, 2.24) is 25.5 Å². The van der Waals surface area contributed by atoms with Gasteiger partial charge in [-0.05, 0) is 82.8 Å². The van der Waals surface area contributed by atoms with Crippen LogP contribution in [0.25, 0.3) is 0 Å². The number of aryl methyl sites for hydroxylation is 1. The molecule has 44 heavy (non-hydrogen) atoms. The molecule has 240 valence electrons. The van der Waals surface area contributed by atoms with Crippen LogP contribution < -0.4 is 20.9 Å². The maximum Gasteiger partial charge on any atom is 0.251 e. The van der Waals surface area contributed by atoms with E-state index in [9.17, 15) is 14.4 Å². The number of nitrogens with zero attached hydrogens (tertiary/aromatic N) is 4. The normalized spacial score (nSPS) is 18.5. The Bertz CT molecular complexity index is 1240. The van der Waals surface area contributed by atoms with Crippen molar-refractivity contribution in [2.24, 2.45) is 0 Å². The van der Waals surface area contributed by atoms with Gasteiger partial charge in [-0.3, -0.25) is 14.4 Å². The zero-order valence-corrected chi connectivity index (χ0v) is 27.0. The Morgan fingerprint density at radius 2 is 1.57 bits per heavy atom. The molecule has 10 heteroatoms. The summed E-state index contributed by atoms with van der Waals surface area (Å²) in [5.74, 6) is 1.21. The van der Waals surface area contributed by atoms with Crippen molar-refractivity contribution in [3.05, 3.63) is 47.2 Å². The third-order valence-corrected chi connectivity index (χ3v) is 8.61. The molecule has 10 nitrogen and oxygen atoms in total. The Kier molecular flexibility index (Phi) is 12.4. The highest BCUT2D eigenvalue weighted by atomic mass is 16.2. The molecule has 0 saturated heterocycles. The maximum absolute atomic E-state index is 13.5. The molecule has 1 atom stereocenters. The Balaban J connectivity index is 1.29. The molecule has 0 bridgehead atoms. The molecular weight excluding hydrogens is 554 g/mol. The Hall–Kier alpha value is -3.69. The summed E-state index contributed by atoms with van der Waals surface area (Å²) in [5, 5.41) is 9.67. The lowest BCUT2D eigenvalue weighted by atomic mass is 9.91. The van der Waals surface area contributed by atoms with Crippen LogP contribution in [0.1, 0.15) is 99.7 Å². The van der Waals surface area contributed by atoms with Gasteiger partial charge in [-0.15, -0.1) is 0 Å². The zero-order chi connectivity index (χ0) is 31.5. The lowest BCUT2D eigenvalue weighted by Gasteiger charge is -2.31. The predicted molar refractivity (Wildman–Crippen MR) is 175 cm³/mol.